The lowest BCUT2D eigenvalue weighted by atomic mass is 10.0. The number of hydrogen-bond acceptors (Lipinski definition) is 3. The summed E-state index contributed by atoms with van der Waals surface area (Å²) in [6.45, 7) is 13.5. The molecule has 0 unspecified atom stereocenters. The van der Waals surface area contributed by atoms with Gasteiger partial charge in [0.1, 0.15) is 5.60 Å². The molecule has 3 heteroatoms. The molecule has 3 nitrogen and oxygen atoms in total. The highest BCUT2D eigenvalue weighted by atomic mass is 16.6. The van der Waals surface area contributed by atoms with Crippen molar-refractivity contribution in [2.75, 3.05) is 13.2 Å². The van der Waals surface area contributed by atoms with Crippen molar-refractivity contribution < 1.29 is 14.2 Å². The summed E-state index contributed by atoms with van der Waals surface area (Å²) in [5.74, 6) is 0. The second-order valence-corrected chi connectivity index (χ2v) is 6.17. The molecule has 0 radical (unpaired) electrons. The van der Waals surface area contributed by atoms with Crippen LogP contribution < -0.4 is 0 Å². The summed E-state index contributed by atoms with van der Waals surface area (Å²) in [6.07, 6.45) is 2.88. The molecule has 0 bridgehead atoms. The van der Waals surface area contributed by atoms with Crippen LogP contribution in [-0.2, 0) is 20.8 Å². The van der Waals surface area contributed by atoms with Gasteiger partial charge in [-0.1, -0.05) is 36.4 Å². The summed E-state index contributed by atoms with van der Waals surface area (Å²) in [5.41, 5.74) is 0.650. The van der Waals surface area contributed by atoms with Crippen molar-refractivity contribution in [3.8, 4) is 0 Å². The monoisotopic (exact) mass is 306 g/mol. The molecule has 0 aliphatic carbocycles. The molecule has 0 aliphatic heterocycles. The van der Waals surface area contributed by atoms with Crippen LogP contribution in [0.5, 0.6) is 0 Å². The highest BCUT2D eigenvalue weighted by molar-refractivity contribution is 5.13. The molecule has 124 valence electrons. The largest absolute Gasteiger partial charge is 0.376 e. The van der Waals surface area contributed by atoms with Crippen molar-refractivity contribution in [1.82, 2.24) is 0 Å². The third kappa shape index (κ3) is 7.21. The Balaban J connectivity index is 2.77. The van der Waals surface area contributed by atoms with Gasteiger partial charge in [0.2, 0.25) is 0 Å². The van der Waals surface area contributed by atoms with Crippen LogP contribution in [0.4, 0.5) is 0 Å². The maximum absolute atomic E-state index is 6.24. The molecule has 0 spiro atoms. The molecule has 0 N–H and O–H groups in total. The zero-order valence-electron chi connectivity index (χ0n) is 14.4. The lowest BCUT2D eigenvalue weighted by molar-refractivity contribution is -0.155. The van der Waals surface area contributed by atoms with Gasteiger partial charge in [-0.05, 0) is 39.7 Å². The molecule has 0 saturated carbocycles. The van der Waals surface area contributed by atoms with Crippen molar-refractivity contribution >= 4 is 0 Å². The van der Waals surface area contributed by atoms with Gasteiger partial charge in [0.25, 0.3) is 0 Å². The fourth-order valence-electron chi connectivity index (χ4n) is 2.01. The molecule has 0 heterocycles. The molecule has 0 atom stereocenters. The summed E-state index contributed by atoms with van der Waals surface area (Å²) in [5, 5.41) is 0. The Kier molecular flexibility index (Phi) is 8.39. The Morgan fingerprint density at radius 1 is 1.00 bits per heavy atom. The Labute approximate surface area is 135 Å². The number of benzene rings is 1. The van der Waals surface area contributed by atoms with Crippen LogP contribution in [0.2, 0.25) is 0 Å². The lowest BCUT2D eigenvalue weighted by Crippen LogP contribution is -2.43. The topological polar surface area (TPSA) is 27.7 Å². The van der Waals surface area contributed by atoms with E-state index in [1.54, 1.807) is 0 Å². The molecule has 0 aromatic heterocycles. The van der Waals surface area contributed by atoms with E-state index in [-0.39, 0.29) is 12.2 Å². The van der Waals surface area contributed by atoms with E-state index in [9.17, 15) is 0 Å². The fraction of sp³-hybridized carbons (Fsp3) is 0.579. The fourth-order valence-corrected chi connectivity index (χ4v) is 2.01. The van der Waals surface area contributed by atoms with Gasteiger partial charge in [-0.3, -0.25) is 0 Å². The van der Waals surface area contributed by atoms with E-state index in [2.05, 4.69) is 18.7 Å². The molecule has 1 rings (SSSR count). The van der Waals surface area contributed by atoms with E-state index in [0.29, 0.717) is 26.2 Å². The maximum atomic E-state index is 6.24. The standard InChI is InChI=1S/C19H30O3/c1-6-12-19(14-20-16(2)3,15-21-17(4)5)22-13-18-10-8-7-9-11-18/h6-11,16-17H,1,12-15H2,2-5H3. The van der Waals surface area contributed by atoms with E-state index in [0.717, 1.165) is 5.56 Å². The molecular formula is C19H30O3. The number of rotatable bonds is 11. The average molecular weight is 306 g/mol. The predicted octanol–water partition coefficient (Wildman–Crippen LogP) is 4.37. The van der Waals surface area contributed by atoms with Crippen molar-refractivity contribution in [1.29, 1.82) is 0 Å². The summed E-state index contributed by atoms with van der Waals surface area (Å²) < 4.78 is 17.9. The molecule has 1 aromatic rings. The zero-order valence-corrected chi connectivity index (χ0v) is 14.4. The first-order valence-corrected chi connectivity index (χ1v) is 7.99. The Morgan fingerprint density at radius 2 is 1.55 bits per heavy atom. The first kappa shape index (κ1) is 18.9. The minimum absolute atomic E-state index is 0.156. The average Bonchev–Trinajstić information content (AvgIpc) is 2.50. The summed E-state index contributed by atoms with van der Waals surface area (Å²) in [4.78, 5) is 0. The van der Waals surface area contributed by atoms with Crippen molar-refractivity contribution in [3.63, 3.8) is 0 Å². The van der Waals surface area contributed by atoms with Gasteiger partial charge in [0.15, 0.2) is 0 Å². The minimum Gasteiger partial charge on any atom is -0.376 e. The van der Waals surface area contributed by atoms with E-state index in [4.69, 9.17) is 14.2 Å². The summed E-state index contributed by atoms with van der Waals surface area (Å²) in [6, 6.07) is 10.2. The van der Waals surface area contributed by atoms with E-state index < -0.39 is 5.60 Å². The summed E-state index contributed by atoms with van der Waals surface area (Å²) in [7, 11) is 0. The molecule has 0 aliphatic rings. The van der Waals surface area contributed by atoms with Gasteiger partial charge >= 0.3 is 0 Å². The van der Waals surface area contributed by atoms with Crippen LogP contribution >= 0.6 is 0 Å². The maximum Gasteiger partial charge on any atom is 0.118 e. The molecule has 0 fully saturated rings. The Bertz CT molecular complexity index is 400. The second-order valence-electron chi connectivity index (χ2n) is 6.17. The molecule has 0 saturated heterocycles. The molecule has 22 heavy (non-hydrogen) atoms. The van der Waals surface area contributed by atoms with Gasteiger partial charge < -0.3 is 14.2 Å². The van der Waals surface area contributed by atoms with Gasteiger partial charge in [-0.15, -0.1) is 6.58 Å². The van der Waals surface area contributed by atoms with Crippen molar-refractivity contribution in [3.05, 3.63) is 48.6 Å². The highest BCUT2D eigenvalue weighted by Crippen LogP contribution is 2.22. The van der Waals surface area contributed by atoms with Crippen molar-refractivity contribution in [2.45, 2.75) is 58.5 Å². The Morgan fingerprint density at radius 3 is 2.00 bits per heavy atom. The third-order valence-electron chi connectivity index (χ3n) is 3.26. The predicted molar refractivity (Wildman–Crippen MR) is 91.0 cm³/mol. The molecular weight excluding hydrogens is 276 g/mol. The van der Waals surface area contributed by atoms with Crippen LogP contribution in [0.15, 0.2) is 43.0 Å². The quantitative estimate of drug-likeness (QED) is 0.568. The SMILES string of the molecule is C=CCC(COC(C)C)(COC(C)C)OCc1ccccc1. The highest BCUT2D eigenvalue weighted by Gasteiger charge is 2.32. The number of ether oxygens (including phenoxy) is 3. The van der Waals surface area contributed by atoms with Crippen LogP contribution in [0, 0.1) is 0 Å². The van der Waals surface area contributed by atoms with E-state index in [1.807, 2.05) is 52.0 Å². The van der Waals surface area contributed by atoms with E-state index in [1.165, 1.54) is 0 Å². The summed E-state index contributed by atoms with van der Waals surface area (Å²) >= 11 is 0. The third-order valence-corrected chi connectivity index (χ3v) is 3.26. The van der Waals surface area contributed by atoms with Gasteiger partial charge in [-0.2, -0.15) is 0 Å². The number of hydrogen-bond donors (Lipinski definition) is 0. The van der Waals surface area contributed by atoms with E-state index >= 15 is 0 Å². The van der Waals surface area contributed by atoms with Crippen LogP contribution in [-0.4, -0.2) is 31.0 Å². The normalized spacial score (nSPS) is 12.1. The second kappa shape index (κ2) is 9.78. The van der Waals surface area contributed by atoms with Gasteiger partial charge in [0.05, 0.1) is 32.0 Å². The van der Waals surface area contributed by atoms with Crippen LogP contribution in [0.3, 0.4) is 0 Å². The van der Waals surface area contributed by atoms with Crippen LogP contribution in [0.1, 0.15) is 39.7 Å². The molecule has 0 amide bonds. The first-order chi connectivity index (χ1) is 10.5. The molecule has 1 aromatic carbocycles. The minimum atomic E-state index is -0.494. The first-order valence-electron chi connectivity index (χ1n) is 7.99. The zero-order chi connectivity index (χ0) is 16.4. The smallest absolute Gasteiger partial charge is 0.118 e. The van der Waals surface area contributed by atoms with Gasteiger partial charge in [0, 0.05) is 0 Å². The Hall–Kier alpha value is -1.16. The van der Waals surface area contributed by atoms with Crippen LogP contribution in [0.25, 0.3) is 0 Å². The van der Waals surface area contributed by atoms with Gasteiger partial charge in [-0.25, -0.2) is 0 Å². The lowest BCUT2D eigenvalue weighted by Gasteiger charge is -2.34. The van der Waals surface area contributed by atoms with Crippen molar-refractivity contribution in [2.24, 2.45) is 0 Å².